The summed E-state index contributed by atoms with van der Waals surface area (Å²) in [6.07, 6.45) is 1.09. The van der Waals surface area contributed by atoms with E-state index < -0.39 is 0 Å². The molecule has 0 saturated heterocycles. The SMILES string of the molecule is Cc1cc(F)cc(CNCCCNC(C)C)c1. The van der Waals surface area contributed by atoms with Crippen LogP contribution < -0.4 is 10.6 Å². The maximum absolute atomic E-state index is 13.1. The summed E-state index contributed by atoms with van der Waals surface area (Å²) in [4.78, 5) is 0. The molecule has 1 rings (SSSR count). The molecule has 1 aromatic rings. The minimum absolute atomic E-state index is 0.150. The number of benzene rings is 1. The number of halogens is 1. The van der Waals surface area contributed by atoms with Gasteiger partial charge < -0.3 is 10.6 Å². The van der Waals surface area contributed by atoms with E-state index in [4.69, 9.17) is 0 Å². The van der Waals surface area contributed by atoms with Crippen molar-refractivity contribution in [3.05, 3.63) is 35.1 Å². The van der Waals surface area contributed by atoms with Gasteiger partial charge >= 0.3 is 0 Å². The van der Waals surface area contributed by atoms with E-state index in [2.05, 4.69) is 24.5 Å². The lowest BCUT2D eigenvalue weighted by Gasteiger charge is -2.09. The van der Waals surface area contributed by atoms with Gasteiger partial charge in [-0.1, -0.05) is 19.9 Å². The minimum Gasteiger partial charge on any atom is -0.314 e. The lowest BCUT2D eigenvalue weighted by molar-refractivity contribution is 0.546. The Balaban J connectivity index is 2.18. The first-order chi connectivity index (χ1) is 8.08. The molecule has 17 heavy (non-hydrogen) atoms. The summed E-state index contributed by atoms with van der Waals surface area (Å²) in [5, 5.41) is 6.69. The number of hydrogen-bond acceptors (Lipinski definition) is 2. The van der Waals surface area contributed by atoms with Gasteiger partial charge in [0.2, 0.25) is 0 Å². The molecule has 96 valence electrons. The van der Waals surface area contributed by atoms with Crippen LogP contribution in [0.1, 0.15) is 31.4 Å². The zero-order valence-corrected chi connectivity index (χ0v) is 11.0. The fraction of sp³-hybridized carbons (Fsp3) is 0.571. The first kappa shape index (κ1) is 14.1. The van der Waals surface area contributed by atoms with E-state index in [0.717, 1.165) is 37.2 Å². The van der Waals surface area contributed by atoms with E-state index in [1.54, 1.807) is 12.1 Å². The Kier molecular flexibility index (Phi) is 6.16. The molecular weight excluding hydrogens is 215 g/mol. The molecule has 0 aliphatic rings. The second-order valence-electron chi connectivity index (χ2n) is 4.78. The summed E-state index contributed by atoms with van der Waals surface area (Å²) in [5.41, 5.74) is 1.99. The third-order valence-corrected chi connectivity index (χ3v) is 2.51. The summed E-state index contributed by atoms with van der Waals surface area (Å²) in [6.45, 7) is 8.91. The summed E-state index contributed by atoms with van der Waals surface area (Å²) < 4.78 is 13.1. The molecular formula is C14H23FN2. The molecule has 0 spiro atoms. The van der Waals surface area contributed by atoms with Gasteiger partial charge in [0.1, 0.15) is 5.82 Å². The van der Waals surface area contributed by atoms with Gasteiger partial charge in [-0.2, -0.15) is 0 Å². The molecule has 3 heteroatoms. The Morgan fingerprint density at radius 1 is 1.18 bits per heavy atom. The lowest BCUT2D eigenvalue weighted by Crippen LogP contribution is -2.26. The predicted octanol–water partition coefficient (Wildman–Crippen LogP) is 2.61. The standard InChI is InChI=1S/C14H23FN2/c1-11(2)17-6-4-5-16-10-13-7-12(3)8-14(15)9-13/h7-9,11,16-17H,4-6,10H2,1-3H3. The highest BCUT2D eigenvalue weighted by Crippen LogP contribution is 2.07. The van der Waals surface area contributed by atoms with Crippen LogP contribution in [0.15, 0.2) is 18.2 Å². The first-order valence-electron chi connectivity index (χ1n) is 6.28. The topological polar surface area (TPSA) is 24.1 Å². The molecule has 2 N–H and O–H groups in total. The average molecular weight is 238 g/mol. The minimum atomic E-state index is -0.150. The molecule has 0 aromatic heterocycles. The highest BCUT2D eigenvalue weighted by molar-refractivity contribution is 5.23. The third kappa shape index (κ3) is 6.39. The van der Waals surface area contributed by atoms with E-state index in [1.807, 2.05) is 13.0 Å². The van der Waals surface area contributed by atoms with Crippen molar-refractivity contribution in [3.8, 4) is 0 Å². The average Bonchev–Trinajstić information content (AvgIpc) is 2.21. The summed E-state index contributed by atoms with van der Waals surface area (Å²) in [7, 11) is 0. The molecule has 0 amide bonds. The Hall–Kier alpha value is -0.930. The van der Waals surface area contributed by atoms with Crippen LogP contribution in [0, 0.1) is 12.7 Å². The van der Waals surface area contributed by atoms with Gasteiger partial charge in [0.05, 0.1) is 0 Å². The summed E-state index contributed by atoms with van der Waals surface area (Å²) in [5.74, 6) is -0.150. The molecule has 1 aromatic carbocycles. The second kappa shape index (κ2) is 7.41. The first-order valence-corrected chi connectivity index (χ1v) is 6.28. The van der Waals surface area contributed by atoms with Gasteiger partial charge in [0, 0.05) is 12.6 Å². The van der Waals surface area contributed by atoms with Gasteiger partial charge in [-0.15, -0.1) is 0 Å². The molecule has 0 fully saturated rings. The number of hydrogen-bond donors (Lipinski definition) is 2. The summed E-state index contributed by atoms with van der Waals surface area (Å²) >= 11 is 0. The van der Waals surface area contributed by atoms with E-state index in [-0.39, 0.29) is 5.82 Å². The van der Waals surface area contributed by atoms with Crippen LogP contribution in [0.2, 0.25) is 0 Å². The van der Waals surface area contributed by atoms with E-state index in [9.17, 15) is 4.39 Å². The molecule has 0 unspecified atom stereocenters. The molecule has 0 aliphatic carbocycles. The van der Waals surface area contributed by atoms with Crippen molar-refractivity contribution < 1.29 is 4.39 Å². The molecule has 0 radical (unpaired) electrons. The van der Waals surface area contributed by atoms with Gasteiger partial charge in [-0.05, 0) is 49.7 Å². The van der Waals surface area contributed by atoms with Crippen LogP contribution in [0.3, 0.4) is 0 Å². The van der Waals surface area contributed by atoms with Crippen LogP contribution in [0.25, 0.3) is 0 Å². The highest BCUT2D eigenvalue weighted by Gasteiger charge is 1.98. The van der Waals surface area contributed by atoms with Crippen LogP contribution in [-0.2, 0) is 6.54 Å². The fourth-order valence-corrected chi connectivity index (χ4v) is 1.75. The zero-order chi connectivity index (χ0) is 12.7. The maximum Gasteiger partial charge on any atom is 0.123 e. The quantitative estimate of drug-likeness (QED) is 0.714. The molecule has 0 aliphatic heterocycles. The van der Waals surface area contributed by atoms with Crippen LogP contribution in [-0.4, -0.2) is 19.1 Å². The Morgan fingerprint density at radius 3 is 2.59 bits per heavy atom. The van der Waals surface area contributed by atoms with Crippen molar-refractivity contribution in [1.29, 1.82) is 0 Å². The smallest absolute Gasteiger partial charge is 0.123 e. The largest absolute Gasteiger partial charge is 0.314 e. The van der Waals surface area contributed by atoms with Crippen molar-refractivity contribution in [1.82, 2.24) is 10.6 Å². The number of rotatable bonds is 7. The van der Waals surface area contributed by atoms with Gasteiger partial charge in [0.15, 0.2) is 0 Å². The Morgan fingerprint density at radius 2 is 1.94 bits per heavy atom. The van der Waals surface area contributed by atoms with E-state index in [1.165, 1.54) is 0 Å². The second-order valence-corrected chi connectivity index (χ2v) is 4.78. The maximum atomic E-state index is 13.1. The van der Waals surface area contributed by atoms with Crippen LogP contribution in [0.4, 0.5) is 4.39 Å². The van der Waals surface area contributed by atoms with Crippen molar-refractivity contribution >= 4 is 0 Å². The zero-order valence-electron chi connectivity index (χ0n) is 11.0. The Labute approximate surface area is 104 Å². The van der Waals surface area contributed by atoms with Crippen molar-refractivity contribution in [2.24, 2.45) is 0 Å². The molecule has 2 nitrogen and oxygen atoms in total. The normalized spacial score (nSPS) is 11.1. The number of aryl methyl sites for hydroxylation is 1. The van der Waals surface area contributed by atoms with Crippen molar-refractivity contribution in [2.75, 3.05) is 13.1 Å². The lowest BCUT2D eigenvalue weighted by atomic mass is 10.1. The summed E-state index contributed by atoms with van der Waals surface area (Å²) in [6, 6.07) is 5.70. The van der Waals surface area contributed by atoms with Crippen LogP contribution >= 0.6 is 0 Å². The predicted molar refractivity (Wildman–Crippen MR) is 70.6 cm³/mol. The van der Waals surface area contributed by atoms with Crippen molar-refractivity contribution in [3.63, 3.8) is 0 Å². The third-order valence-electron chi connectivity index (χ3n) is 2.51. The highest BCUT2D eigenvalue weighted by atomic mass is 19.1. The fourth-order valence-electron chi connectivity index (χ4n) is 1.75. The molecule has 0 atom stereocenters. The molecule has 0 saturated carbocycles. The monoisotopic (exact) mass is 238 g/mol. The molecule has 0 bridgehead atoms. The molecule has 0 heterocycles. The van der Waals surface area contributed by atoms with Crippen LogP contribution in [0.5, 0.6) is 0 Å². The van der Waals surface area contributed by atoms with Gasteiger partial charge in [-0.25, -0.2) is 4.39 Å². The van der Waals surface area contributed by atoms with E-state index >= 15 is 0 Å². The van der Waals surface area contributed by atoms with Gasteiger partial charge in [0.25, 0.3) is 0 Å². The van der Waals surface area contributed by atoms with E-state index in [0.29, 0.717) is 6.04 Å². The number of nitrogens with one attached hydrogen (secondary N) is 2. The van der Waals surface area contributed by atoms with Gasteiger partial charge in [-0.3, -0.25) is 0 Å². The van der Waals surface area contributed by atoms with Crippen molar-refractivity contribution in [2.45, 2.75) is 39.8 Å². The Bertz CT molecular complexity index is 317.